The van der Waals surface area contributed by atoms with E-state index in [1.54, 1.807) is 0 Å². The van der Waals surface area contributed by atoms with Gasteiger partial charge < -0.3 is 39.7 Å². The van der Waals surface area contributed by atoms with E-state index in [2.05, 4.69) is 60.3 Å². The van der Waals surface area contributed by atoms with Crippen LogP contribution in [-0.4, -0.2) is 57.6 Å². The topological polar surface area (TPSA) is 138 Å². The third-order valence-corrected chi connectivity index (χ3v) is 7.68. The third kappa shape index (κ3) is 7.23. The first-order chi connectivity index (χ1) is 21.0. The van der Waals surface area contributed by atoms with E-state index < -0.39 is 22.7 Å². The van der Waals surface area contributed by atoms with Crippen molar-refractivity contribution in [2.75, 3.05) is 32.1 Å². The van der Waals surface area contributed by atoms with Crippen LogP contribution in [0.3, 0.4) is 0 Å². The molecule has 0 saturated carbocycles. The van der Waals surface area contributed by atoms with E-state index in [9.17, 15) is 30.3 Å². The second-order valence-electron chi connectivity index (χ2n) is 10.9. The maximum Gasteiger partial charge on any atom is 0.238 e. The zero-order valence-corrected chi connectivity index (χ0v) is 26.3. The van der Waals surface area contributed by atoms with Crippen LogP contribution in [0, 0.1) is 0 Å². The SMILES string of the molecule is CN(C)CCCN1c2ccccc2CCc2ccc(Cl)cc21.Cl.O=c1c(O)c(-c2ccc(O)c(O)c2)oc2cc(O)cc(O)c12. The highest BCUT2D eigenvalue weighted by Gasteiger charge is 2.21. The van der Waals surface area contributed by atoms with Gasteiger partial charge >= 0.3 is 0 Å². The Hall–Kier alpha value is -4.57. The first-order valence-electron chi connectivity index (χ1n) is 14.1. The summed E-state index contributed by atoms with van der Waals surface area (Å²) in [7, 11) is 4.25. The molecule has 1 aliphatic heterocycles. The summed E-state index contributed by atoms with van der Waals surface area (Å²) in [6.45, 7) is 2.11. The number of benzene rings is 4. The van der Waals surface area contributed by atoms with Crippen molar-refractivity contribution >= 4 is 46.4 Å². The Morgan fingerprint density at radius 2 is 1.53 bits per heavy atom. The predicted octanol–water partition coefficient (Wildman–Crippen LogP) is 6.94. The first-order valence-corrected chi connectivity index (χ1v) is 14.4. The van der Waals surface area contributed by atoms with Crippen LogP contribution in [0.1, 0.15) is 17.5 Å². The van der Waals surface area contributed by atoms with Crippen molar-refractivity contribution in [1.82, 2.24) is 4.90 Å². The quantitative estimate of drug-likeness (QED) is 0.128. The molecule has 0 fully saturated rings. The summed E-state index contributed by atoms with van der Waals surface area (Å²) in [5.74, 6) is -2.71. The van der Waals surface area contributed by atoms with Crippen LogP contribution < -0.4 is 10.3 Å². The van der Waals surface area contributed by atoms with Crippen molar-refractivity contribution in [3.63, 3.8) is 0 Å². The number of phenolic OH excluding ortho intramolecular Hbond substituents is 4. The molecule has 5 aromatic rings. The molecule has 0 bridgehead atoms. The summed E-state index contributed by atoms with van der Waals surface area (Å²) in [6, 6.07) is 20.7. The zero-order chi connectivity index (χ0) is 31.5. The number of phenols is 4. The van der Waals surface area contributed by atoms with Crippen molar-refractivity contribution in [2.24, 2.45) is 0 Å². The van der Waals surface area contributed by atoms with Crippen molar-refractivity contribution in [3.05, 3.63) is 99.2 Å². The molecular formula is C34H34Cl2N2O7. The van der Waals surface area contributed by atoms with Gasteiger partial charge in [-0.3, -0.25) is 4.79 Å². The number of aromatic hydroxyl groups is 5. The molecule has 1 aromatic heterocycles. The Bertz CT molecular complexity index is 1890. The lowest BCUT2D eigenvalue weighted by atomic mass is 10.0. The van der Waals surface area contributed by atoms with Gasteiger partial charge in [-0.15, -0.1) is 12.4 Å². The van der Waals surface area contributed by atoms with Gasteiger partial charge in [0.1, 0.15) is 22.5 Å². The van der Waals surface area contributed by atoms with Gasteiger partial charge in [-0.1, -0.05) is 35.9 Å². The van der Waals surface area contributed by atoms with Crippen LogP contribution >= 0.6 is 24.0 Å². The minimum Gasteiger partial charge on any atom is -0.508 e. The molecule has 9 nitrogen and oxygen atoms in total. The van der Waals surface area contributed by atoms with Crippen LogP contribution in [0.15, 0.2) is 82.0 Å². The number of rotatable bonds is 5. The van der Waals surface area contributed by atoms with E-state index in [4.69, 9.17) is 16.0 Å². The Balaban J connectivity index is 0.000000200. The van der Waals surface area contributed by atoms with Crippen molar-refractivity contribution in [3.8, 4) is 40.1 Å². The number of anilines is 2. The molecule has 6 rings (SSSR count). The van der Waals surface area contributed by atoms with Gasteiger partial charge in [-0.05, 0) is 87.4 Å². The second kappa shape index (κ2) is 14.0. The summed E-state index contributed by atoms with van der Waals surface area (Å²) >= 11 is 6.27. The summed E-state index contributed by atoms with van der Waals surface area (Å²) in [4.78, 5) is 16.8. The molecule has 0 aliphatic carbocycles. The fourth-order valence-electron chi connectivity index (χ4n) is 5.31. The lowest BCUT2D eigenvalue weighted by molar-refractivity contribution is 0.402. The molecule has 11 heteroatoms. The third-order valence-electron chi connectivity index (χ3n) is 7.44. The van der Waals surface area contributed by atoms with Gasteiger partial charge in [0.05, 0.1) is 0 Å². The van der Waals surface area contributed by atoms with Crippen molar-refractivity contribution < 1.29 is 29.9 Å². The summed E-state index contributed by atoms with van der Waals surface area (Å²) in [5, 5.41) is 48.4. The highest BCUT2D eigenvalue weighted by atomic mass is 35.5. The number of nitrogens with zero attached hydrogens (tertiary/aromatic N) is 2. The van der Waals surface area contributed by atoms with Gasteiger partial charge in [0.2, 0.25) is 11.2 Å². The van der Waals surface area contributed by atoms with Crippen LogP contribution in [-0.2, 0) is 12.8 Å². The van der Waals surface area contributed by atoms with Crippen molar-refractivity contribution in [1.29, 1.82) is 0 Å². The van der Waals surface area contributed by atoms with Crippen molar-refractivity contribution in [2.45, 2.75) is 19.3 Å². The molecule has 4 aromatic carbocycles. The van der Waals surface area contributed by atoms with Crippen LogP contribution in [0.4, 0.5) is 11.4 Å². The largest absolute Gasteiger partial charge is 0.508 e. The minimum atomic E-state index is -0.888. The van der Waals surface area contributed by atoms with Crippen LogP contribution in [0.2, 0.25) is 5.02 Å². The summed E-state index contributed by atoms with van der Waals surface area (Å²) in [5.41, 5.74) is 4.54. The van der Waals surface area contributed by atoms with Crippen LogP contribution in [0.5, 0.6) is 28.7 Å². The number of halogens is 2. The Kier molecular flexibility index (Phi) is 10.4. The molecule has 0 radical (unpaired) electrons. The Morgan fingerprint density at radius 3 is 2.24 bits per heavy atom. The van der Waals surface area contributed by atoms with E-state index >= 15 is 0 Å². The maximum absolute atomic E-state index is 12.1. The smallest absolute Gasteiger partial charge is 0.238 e. The minimum absolute atomic E-state index is 0. The number of aryl methyl sites for hydroxylation is 2. The first kappa shape index (κ1) is 33.3. The van der Waals surface area contributed by atoms with Gasteiger partial charge in [0, 0.05) is 40.6 Å². The molecule has 236 valence electrons. The fraction of sp³-hybridized carbons (Fsp3) is 0.206. The van der Waals surface area contributed by atoms with Gasteiger partial charge in [0.25, 0.3) is 0 Å². The highest BCUT2D eigenvalue weighted by molar-refractivity contribution is 6.30. The average Bonchev–Trinajstić information content (AvgIpc) is 3.13. The fourth-order valence-corrected chi connectivity index (χ4v) is 5.47. The predicted molar refractivity (Wildman–Crippen MR) is 179 cm³/mol. The number of fused-ring (bicyclic) bond motifs is 3. The van der Waals surface area contributed by atoms with E-state index in [1.165, 1.54) is 28.6 Å². The maximum atomic E-state index is 12.1. The van der Waals surface area contributed by atoms with Gasteiger partial charge in [0.15, 0.2) is 17.3 Å². The van der Waals surface area contributed by atoms with Crippen LogP contribution in [0.25, 0.3) is 22.3 Å². The monoisotopic (exact) mass is 652 g/mol. The Morgan fingerprint density at radius 1 is 0.822 bits per heavy atom. The molecular weight excluding hydrogens is 619 g/mol. The molecule has 0 atom stereocenters. The van der Waals surface area contributed by atoms with E-state index in [-0.39, 0.29) is 46.2 Å². The lowest BCUT2D eigenvalue weighted by Crippen LogP contribution is -2.24. The summed E-state index contributed by atoms with van der Waals surface area (Å²) in [6.07, 6.45) is 3.30. The standard InChI is InChI=1S/C19H23ClN2.C15H10O7.ClH/c1-21(2)12-5-13-22-18-7-4-3-6-15(18)8-9-16-10-11-17(20)14-19(16)22;16-7-4-10(19)12-11(5-7)22-15(14(21)13(12)20)6-1-2-8(17)9(18)3-6;/h3-4,6-7,10-11,14H,5,8-9,12-13H2,1-2H3;1-5,16-19,21H;1H. The second-order valence-corrected chi connectivity index (χ2v) is 11.3. The molecule has 0 amide bonds. The van der Waals surface area contributed by atoms with Gasteiger partial charge in [-0.2, -0.15) is 0 Å². The zero-order valence-electron chi connectivity index (χ0n) is 24.7. The number of hydrogen-bond acceptors (Lipinski definition) is 9. The molecule has 0 unspecified atom stereocenters. The Labute approximate surface area is 271 Å². The molecule has 0 saturated heterocycles. The number of para-hydroxylation sites is 1. The molecule has 1 aliphatic rings. The lowest BCUT2D eigenvalue weighted by Gasteiger charge is -2.27. The van der Waals surface area contributed by atoms with E-state index in [0.29, 0.717) is 0 Å². The molecule has 45 heavy (non-hydrogen) atoms. The van der Waals surface area contributed by atoms with E-state index in [1.807, 2.05) is 6.07 Å². The normalized spacial score (nSPS) is 12.0. The molecule has 5 N–H and O–H groups in total. The molecule has 0 spiro atoms. The average molecular weight is 654 g/mol. The highest BCUT2D eigenvalue weighted by Crippen LogP contribution is 2.39. The summed E-state index contributed by atoms with van der Waals surface area (Å²) < 4.78 is 5.35. The number of hydrogen-bond donors (Lipinski definition) is 5. The van der Waals surface area contributed by atoms with E-state index in [0.717, 1.165) is 61.6 Å². The molecule has 2 heterocycles. The van der Waals surface area contributed by atoms with Gasteiger partial charge in [-0.25, -0.2) is 0 Å².